The van der Waals surface area contributed by atoms with Gasteiger partial charge in [0.25, 0.3) is 0 Å². The molecule has 88 valence electrons. The molecule has 1 aromatic carbocycles. The molecule has 1 aliphatic rings. The number of methoxy groups -OCH3 is 1. The Morgan fingerprint density at radius 3 is 2.50 bits per heavy atom. The van der Waals surface area contributed by atoms with Gasteiger partial charge in [0.05, 0.1) is 7.11 Å². The number of ether oxygens (including phenoxy) is 1. The smallest absolute Gasteiger partial charge is 0.123 e. The number of halogens is 1. The van der Waals surface area contributed by atoms with Crippen LogP contribution in [0, 0.1) is 6.92 Å². The molecule has 0 unspecified atom stereocenters. The average molecular weight is 240 g/mol. The van der Waals surface area contributed by atoms with Gasteiger partial charge < -0.3 is 10.5 Å². The molecular weight excluding hydrogens is 222 g/mol. The molecule has 2 rings (SSSR count). The lowest BCUT2D eigenvalue weighted by atomic mass is 9.86. The molecule has 1 saturated carbocycles. The molecule has 0 aromatic heterocycles. The molecule has 0 spiro atoms. The highest BCUT2D eigenvalue weighted by Gasteiger charge is 2.33. The van der Waals surface area contributed by atoms with Crippen molar-refractivity contribution in [3.8, 4) is 5.75 Å². The fraction of sp³-hybridized carbons (Fsp3) is 0.538. The first kappa shape index (κ1) is 11.7. The van der Waals surface area contributed by atoms with E-state index in [4.69, 9.17) is 22.1 Å². The van der Waals surface area contributed by atoms with Crippen LogP contribution in [0.3, 0.4) is 0 Å². The number of hydrogen-bond donors (Lipinski definition) is 1. The highest BCUT2D eigenvalue weighted by Crippen LogP contribution is 2.41. The van der Waals surface area contributed by atoms with Gasteiger partial charge in [0, 0.05) is 10.6 Å². The summed E-state index contributed by atoms with van der Waals surface area (Å²) in [5.41, 5.74) is 8.52. The van der Waals surface area contributed by atoms with Gasteiger partial charge in [-0.25, -0.2) is 0 Å². The Morgan fingerprint density at radius 1 is 1.31 bits per heavy atom. The van der Waals surface area contributed by atoms with Gasteiger partial charge in [-0.15, -0.1) is 0 Å². The normalized spacial score (nSPS) is 18.8. The maximum absolute atomic E-state index is 6.46. The van der Waals surface area contributed by atoms with Crippen molar-refractivity contribution in [1.82, 2.24) is 0 Å². The van der Waals surface area contributed by atoms with Crippen LogP contribution in [0.2, 0.25) is 5.02 Å². The van der Waals surface area contributed by atoms with Crippen molar-refractivity contribution in [2.24, 2.45) is 5.73 Å². The predicted molar refractivity (Wildman–Crippen MR) is 67.1 cm³/mol. The summed E-state index contributed by atoms with van der Waals surface area (Å²) in [5, 5.41) is 0.703. The summed E-state index contributed by atoms with van der Waals surface area (Å²) in [4.78, 5) is 0. The minimum Gasteiger partial charge on any atom is -0.496 e. The van der Waals surface area contributed by atoms with Crippen LogP contribution in [0.4, 0.5) is 0 Å². The first-order valence-corrected chi connectivity index (χ1v) is 6.08. The van der Waals surface area contributed by atoms with E-state index in [1.807, 2.05) is 12.1 Å². The molecule has 0 heterocycles. The standard InChI is InChI=1S/C13H18ClNO/c1-9-11(13(15)5-3-4-6-13)7-10(14)8-12(9)16-2/h7-8H,3-6,15H2,1-2H3. The zero-order valence-electron chi connectivity index (χ0n) is 9.85. The Labute approximate surface area is 102 Å². The second-order valence-corrected chi connectivity index (χ2v) is 5.08. The summed E-state index contributed by atoms with van der Waals surface area (Å²) in [7, 11) is 1.67. The minimum atomic E-state index is -0.206. The van der Waals surface area contributed by atoms with E-state index in [2.05, 4.69) is 6.92 Å². The number of hydrogen-bond acceptors (Lipinski definition) is 2. The van der Waals surface area contributed by atoms with E-state index in [0.29, 0.717) is 5.02 Å². The predicted octanol–water partition coefficient (Wildman–Crippen LogP) is 3.39. The molecule has 1 fully saturated rings. The van der Waals surface area contributed by atoms with Crippen molar-refractivity contribution in [3.63, 3.8) is 0 Å². The minimum absolute atomic E-state index is 0.206. The zero-order chi connectivity index (χ0) is 11.8. The lowest BCUT2D eigenvalue weighted by Crippen LogP contribution is -2.34. The maximum Gasteiger partial charge on any atom is 0.123 e. The van der Waals surface area contributed by atoms with Gasteiger partial charge in [0.15, 0.2) is 0 Å². The lowest BCUT2D eigenvalue weighted by molar-refractivity contribution is 0.404. The number of nitrogens with two attached hydrogens (primary N) is 1. The summed E-state index contributed by atoms with van der Waals surface area (Å²) >= 11 is 6.11. The largest absolute Gasteiger partial charge is 0.496 e. The topological polar surface area (TPSA) is 35.2 Å². The van der Waals surface area contributed by atoms with Crippen molar-refractivity contribution in [3.05, 3.63) is 28.3 Å². The molecule has 0 bridgehead atoms. The first-order chi connectivity index (χ1) is 7.57. The molecule has 1 aromatic rings. The van der Waals surface area contributed by atoms with E-state index in [1.165, 1.54) is 12.8 Å². The molecule has 16 heavy (non-hydrogen) atoms. The second kappa shape index (κ2) is 4.27. The Kier molecular flexibility index (Phi) is 3.13. The van der Waals surface area contributed by atoms with Crippen LogP contribution < -0.4 is 10.5 Å². The van der Waals surface area contributed by atoms with Crippen LogP contribution in [0.15, 0.2) is 12.1 Å². The van der Waals surface area contributed by atoms with Gasteiger partial charge in [0.1, 0.15) is 5.75 Å². The number of benzene rings is 1. The molecule has 1 aliphatic carbocycles. The number of rotatable bonds is 2. The third-order valence-corrected chi connectivity index (χ3v) is 3.80. The Balaban J connectivity index is 2.51. The van der Waals surface area contributed by atoms with Gasteiger partial charge in [-0.1, -0.05) is 24.4 Å². The van der Waals surface area contributed by atoms with Crippen molar-refractivity contribution in [1.29, 1.82) is 0 Å². The van der Waals surface area contributed by atoms with Crippen LogP contribution in [-0.2, 0) is 5.54 Å². The fourth-order valence-electron chi connectivity index (χ4n) is 2.66. The fourth-order valence-corrected chi connectivity index (χ4v) is 2.87. The van der Waals surface area contributed by atoms with E-state index in [-0.39, 0.29) is 5.54 Å². The summed E-state index contributed by atoms with van der Waals surface area (Å²) in [6, 6.07) is 3.84. The molecule has 0 atom stereocenters. The zero-order valence-corrected chi connectivity index (χ0v) is 10.6. The summed E-state index contributed by atoms with van der Waals surface area (Å²) in [6.45, 7) is 2.05. The highest BCUT2D eigenvalue weighted by molar-refractivity contribution is 6.30. The summed E-state index contributed by atoms with van der Waals surface area (Å²) < 4.78 is 5.33. The van der Waals surface area contributed by atoms with Gasteiger partial charge in [-0.2, -0.15) is 0 Å². The highest BCUT2D eigenvalue weighted by atomic mass is 35.5. The molecule has 0 saturated heterocycles. The first-order valence-electron chi connectivity index (χ1n) is 5.70. The summed E-state index contributed by atoms with van der Waals surface area (Å²) in [6.07, 6.45) is 4.48. The molecule has 3 heteroatoms. The third kappa shape index (κ3) is 1.92. The van der Waals surface area contributed by atoms with E-state index >= 15 is 0 Å². The molecule has 0 radical (unpaired) electrons. The molecule has 2 nitrogen and oxygen atoms in total. The van der Waals surface area contributed by atoms with Gasteiger partial charge in [-0.05, 0) is 43.0 Å². The second-order valence-electron chi connectivity index (χ2n) is 4.64. The molecule has 0 aliphatic heterocycles. The maximum atomic E-state index is 6.46. The van der Waals surface area contributed by atoms with Gasteiger partial charge in [-0.3, -0.25) is 0 Å². The summed E-state index contributed by atoms with van der Waals surface area (Å²) in [5.74, 6) is 0.833. The lowest BCUT2D eigenvalue weighted by Gasteiger charge is -2.27. The van der Waals surface area contributed by atoms with Crippen molar-refractivity contribution in [2.75, 3.05) is 7.11 Å². The van der Waals surface area contributed by atoms with Crippen molar-refractivity contribution in [2.45, 2.75) is 38.1 Å². The van der Waals surface area contributed by atoms with Crippen LogP contribution >= 0.6 is 11.6 Å². The van der Waals surface area contributed by atoms with E-state index in [0.717, 1.165) is 29.7 Å². The van der Waals surface area contributed by atoms with Crippen LogP contribution in [0.5, 0.6) is 5.75 Å². The van der Waals surface area contributed by atoms with Gasteiger partial charge in [0.2, 0.25) is 0 Å². The molecular formula is C13H18ClNO. The molecule has 0 amide bonds. The quantitative estimate of drug-likeness (QED) is 0.859. The van der Waals surface area contributed by atoms with Crippen molar-refractivity contribution < 1.29 is 4.74 Å². The Bertz CT molecular complexity index is 397. The van der Waals surface area contributed by atoms with E-state index in [9.17, 15) is 0 Å². The Morgan fingerprint density at radius 2 is 1.94 bits per heavy atom. The molecule has 2 N–H and O–H groups in total. The van der Waals surface area contributed by atoms with Crippen LogP contribution in [0.25, 0.3) is 0 Å². The van der Waals surface area contributed by atoms with Gasteiger partial charge >= 0.3 is 0 Å². The van der Waals surface area contributed by atoms with Crippen LogP contribution in [0.1, 0.15) is 36.8 Å². The third-order valence-electron chi connectivity index (χ3n) is 3.58. The SMILES string of the molecule is COc1cc(Cl)cc(C2(N)CCCC2)c1C. The monoisotopic (exact) mass is 239 g/mol. The Hall–Kier alpha value is -0.730. The average Bonchev–Trinajstić information content (AvgIpc) is 2.69. The van der Waals surface area contributed by atoms with E-state index in [1.54, 1.807) is 7.11 Å². The van der Waals surface area contributed by atoms with E-state index < -0.39 is 0 Å². The van der Waals surface area contributed by atoms with Crippen LogP contribution in [-0.4, -0.2) is 7.11 Å². The van der Waals surface area contributed by atoms with Crippen molar-refractivity contribution >= 4 is 11.6 Å².